The van der Waals surface area contributed by atoms with E-state index in [1.807, 2.05) is 6.07 Å². The number of hydrogen-bond acceptors (Lipinski definition) is 8. The third-order valence-electron chi connectivity index (χ3n) is 4.00. The molecule has 0 aliphatic heterocycles. The lowest BCUT2D eigenvalue weighted by Crippen LogP contribution is -2.53. The van der Waals surface area contributed by atoms with Gasteiger partial charge in [0.05, 0.1) is 26.7 Å². The van der Waals surface area contributed by atoms with Gasteiger partial charge in [0.1, 0.15) is 18.7 Å². The molecule has 1 aromatic rings. The quantitative estimate of drug-likeness (QED) is 0.365. The fourth-order valence-corrected chi connectivity index (χ4v) is 2.38. The first-order valence-corrected chi connectivity index (χ1v) is 8.86. The van der Waals surface area contributed by atoms with Gasteiger partial charge in [-0.2, -0.15) is 0 Å². The molecule has 0 aliphatic carbocycles. The van der Waals surface area contributed by atoms with Crippen LogP contribution >= 0.6 is 0 Å². The maximum Gasteiger partial charge on any atom is 0.408 e. The Labute approximate surface area is 168 Å². The summed E-state index contributed by atoms with van der Waals surface area (Å²) in [5.41, 5.74) is 0.746. The van der Waals surface area contributed by atoms with Crippen LogP contribution in [0, 0.1) is 5.92 Å². The van der Waals surface area contributed by atoms with Crippen LogP contribution < -0.4 is 10.6 Å². The second kappa shape index (κ2) is 12.3. The van der Waals surface area contributed by atoms with E-state index in [-0.39, 0.29) is 13.0 Å². The number of esters is 2. The topological polar surface area (TPSA) is 140 Å². The minimum atomic E-state index is -1.36. The van der Waals surface area contributed by atoms with Crippen molar-refractivity contribution < 1.29 is 38.5 Å². The number of nitrogens with one attached hydrogen (secondary N) is 2. The van der Waals surface area contributed by atoms with E-state index in [4.69, 9.17) is 4.74 Å². The van der Waals surface area contributed by atoms with E-state index in [0.29, 0.717) is 0 Å². The second-order valence-electron chi connectivity index (χ2n) is 6.19. The maximum atomic E-state index is 12.4. The molecule has 10 heteroatoms. The number of benzene rings is 1. The Hall–Kier alpha value is -3.14. The van der Waals surface area contributed by atoms with Crippen LogP contribution in [0.4, 0.5) is 4.79 Å². The molecule has 2 amide bonds. The summed E-state index contributed by atoms with van der Waals surface area (Å²) in [5, 5.41) is 14.0. The van der Waals surface area contributed by atoms with E-state index < -0.39 is 48.5 Å². The first-order valence-electron chi connectivity index (χ1n) is 8.86. The van der Waals surface area contributed by atoms with E-state index in [1.54, 1.807) is 24.3 Å². The number of methoxy groups -OCH3 is 2. The molecule has 0 radical (unpaired) electrons. The van der Waals surface area contributed by atoms with Gasteiger partial charge in [0, 0.05) is 0 Å². The average molecular weight is 410 g/mol. The Balaban J connectivity index is 2.66. The Bertz CT molecular complexity index is 695. The van der Waals surface area contributed by atoms with Crippen molar-refractivity contribution in [2.75, 3.05) is 20.8 Å². The van der Waals surface area contributed by atoms with Gasteiger partial charge in [0.15, 0.2) is 0 Å². The highest BCUT2D eigenvalue weighted by atomic mass is 16.5. The van der Waals surface area contributed by atoms with Crippen LogP contribution in [-0.2, 0) is 35.2 Å². The zero-order chi connectivity index (χ0) is 21.8. The van der Waals surface area contributed by atoms with Gasteiger partial charge in [0.2, 0.25) is 5.91 Å². The summed E-state index contributed by atoms with van der Waals surface area (Å²) >= 11 is 0. The third kappa shape index (κ3) is 8.18. The summed E-state index contributed by atoms with van der Waals surface area (Å²) in [5.74, 6) is -2.87. The summed E-state index contributed by atoms with van der Waals surface area (Å²) in [6, 6.07) is 6.36. The van der Waals surface area contributed by atoms with Crippen LogP contribution in [0.5, 0.6) is 0 Å². The van der Waals surface area contributed by atoms with E-state index in [2.05, 4.69) is 20.1 Å². The second-order valence-corrected chi connectivity index (χ2v) is 6.19. The van der Waals surface area contributed by atoms with Gasteiger partial charge in [0.25, 0.3) is 0 Å². The lowest BCUT2D eigenvalue weighted by Gasteiger charge is -2.22. The first-order chi connectivity index (χ1) is 13.8. The molecular weight excluding hydrogens is 384 g/mol. The summed E-state index contributed by atoms with van der Waals surface area (Å²) in [4.78, 5) is 47.8. The molecule has 1 rings (SSSR count). The molecule has 0 saturated carbocycles. The largest absolute Gasteiger partial charge is 0.469 e. The highest BCUT2D eigenvalue weighted by Gasteiger charge is 2.30. The van der Waals surface area contributed by atoms with Crippen LogP contribution in [0.1, 0.15) is 18.9 Å². The SMILES string of the molecule is COC(=O)[C@@H](C)C[C@@H](NC(=O)[C@H](CO)NC(=O)OCc1ccccc1)C(=O)OC. The monoisotopic (exact) mass is 410 g/mol. The number of hydrogen-bond donors (Lipinski definition) is 3. The molecule has 0 spiro atoms. The van der Waals surface area contributed by atoms with Gasteiger partial charge in [-0.15, -0.1) is 0 Å². The molecule has 3 N–H and O–H groups in total. The van der Waals surface area contributed by atoms with Crippen molar-refractivity contribution in [3.05, 3.63) is 35.9 Å². The zero-order valence-electron chi connectivity index (χ0n) is 16.5. The summed E-state index contributed by atoms with van der Waals surface area (Å²) in [6.45, 7) is 0.775. The number of aliphatic hydroxyl groups excluding tert-OH is 1. The van der Waals surface area contributed by atoms with E-state index >= 15 is 0 Å². The van der Waals surface area contributed by atoms with Crippen LogP contribution in [0.15, 0.2) is 30.3 Å². The molecule has 1 aromatic carbocycles. The molecule has 10 nitrogen and oxygen atoms in total. The molecule has 0 saturated heterocycles. The number of rotatable bonds is 10. The van der Waals surface area contributed by atoms with Crippen molar-refractivity contribution >= 4 is 23.9 Å². The normalized spacial score (nSPS) is 13.4. The lowest BCUT2D eigenvalue weighted by molar-refractivity contribution is -0.149. The number of alkyl carbamates (subject to hydrolysis) is 1. The average Bonchev–Trinajstić information content (AvgIpc) is 2.74. The molecular formula is C19H26N2O8. The molecule has 0 aliphatic rings. The standard InChI is InChI=1S/C19H26N2O8/c1-12(17(24)27-2)9-14(18(25)28-3)20-16(23)15(10-22)21-19(26)29-11-13-7-5-4-6-8-13/h4-8,12,14-15,22H,9-11H2,1-3H3,(H,20,23)(H,21,26)/t12-,14+,15-/m0/s1. The maximum absolute atomic E-state index is 12.4. The summed E-state index contributed by atoms with van der Waals surface area (Å²) in [7, 11) is 2.34. The molecule has 0 heterocycles. The Kier molecular flexibility index (Phi) is 10.2. The predicted octanol–water partition coefficient (Wildman–Crippen LogP) is 0.131. The van der Waals surface area contributed by atoms with Crippen molar-refractivity contribution in [1.29, 1.82) is 0 Å². The van der Waals surface area contributed by atoms with Gasteiger partial charge in [-0.05, 0) is 12.0 Å². The van der Waals surface area contributed by atoms with Gasteiger partial charge >= 0.3 is 18.0 Å². The molecule has 29 heavy (non-hydrogen) atoms. The fraction of sp³-hybridized carbons (Fsp3) is 0.474. The van der Waals surface area contributed by atoms with Gasteiger partial charge in [-0.1, -0.05) is 37.3 Å². The highest BCUT2D eigenvalue weighted by molar-refractivity contribution is 5.90. The number of carbonyl (C=O) groups excluding carboxylic acids is 4. The van der Waals surface area contributed by atoms with E-state index in [1.165, 1.54) is 14.0 Å². The predicted molar refractivity (Wildman–Crippen MR) is 100 cm³/mol. The third-order valence-corrected chi connectivity index (χ3v) is 4.00. The Morgan fingerprint density at radius 2 is 1.59 bits per heavy atom. The van der Waals surface area contributed by atoms with E-state index in [0.717, 1.165) is 12.7 Å². The molecule has 0 unspecified atom stereocenters. The molecule has 160 valence electrons. The smallest absolute Gasteiger partial charge is 0.408 e. The number of carbonyl (C=O) groups is 4. The van der Waals surface area contributed by atoms with Crippen molar-refractivity contribution in [2.45, 2.75) is 32.0 Å². The summed E-state index contributed by atoms with van der Waals surface area (Å²) in [6.07, 6.45) is -0.998. The van der Waals surface area contributed by atoms with Crippen molar-refractivity contribution in [3.8, 4) is 0 Å². The van der Waals surface area contributed by atoms with Crippen LogP contribution in [-0.4, -0.2) is 62.0 Å². The number of amides is 2. The molecule has 0 bridgehead atoms. The van der Waals surface area contributed by atoms with Crippen LogP contribution in [0.3, 0.4) is 0 Å². The number of ether oxygens (including phenoxy) is 3. The fourth-order valence-electron chi connectivity index (χ4n) is 2.38. The summed E-state index contributed by atoms with van der Waals surface area (Å²) < 4.78 is 14.2. The lowest BCUT2D eigenvalue weighted by atomic mass is 10.0. The van der Waals surface area contributed by atoms with Crippen molar-refractivity contribution in [3.63, 3.8) is 0 Å². The molecule has 3 atom stereocenters. The van der Waals surface area contributed by atoms with Gasteiger partial charge < -0.3 is 30.0 Å². The van der Waals surface area contributed by atoms with Gasteiger partial charge in [-0.3, -0.25) is 9.59 Å². The van der Waals surface area contributed by atoms with E-state index in [9.17, 15) is 24.3 Å². The zero-order valence-corrected chi connectivity index (χ0v) is 16.5. The minimum Gasteiger partial charge on any atom is -0.469 e. The van der Waals surface area contributed by atoms with Crippen molar-refractivity contribution in [2.24, 2.45) is 5.92 Å². The Morgan fingerprint density at radius 1 is 0.966 bits per heavy atom. The minimum absolute atomic E-state index is 0.0200. The van der Waals surface area contributed by atoms with Gasteiger partial charge in [-0.25, -0.2) is 9.59 Å². The number of aliphatic hydroxyl groups is 1. The molecule has 0 fully saturated rings. The molecule has 0 aromatic heterocycles. The first kappa shape index (κ1) is 23.9. The van der Waals surface area contributed by atoms with Crippen molar-refractivity contribution in [1.82, 2.24) is 10.6 Å². The highest BCUT2D eigenvalue weighted by Crippen LogP contribution is 2.10. The Morgan fingerprint density at radius 3 is 2.14 bits per heavy atom. The van der Waals surface area contributed by atoms with Crippen LogP contribution in [0.25, 0.3) is 0 Å². The van der Waals surface area contributed by atoms with Crippen LogP contribution in [0.2, 0.25) is 0 Å².